The highest BCUT2D eigenvalue weighted by molar-refractivity contribution is 8.22. The van der Waals surface area contributed by atoms with Crippen LogP contribution in [0.2, 0.25) is 0 Å². The lowest BCUT2D eigenvalue weighted by Gasteiger charge is -2.06. The average Bonchev–Trinajstić information content (AvgIpc) is 2.72. The van der Waals surface area contributed by atoms with Crippen LogP contribution in [0.25, 0.3) is 0 Å². The highest BCUT2D eigenvalue weighted by Crippen LogP contribution is 2.29. The summed E-state index contributed by atoms with van der Waals surface area (Å²) in [6.45, 7) is 0. The molecule has 0 saturated carbocycles. The van der Waals surface area contributed by atoms with E-state index in [1.54, 1.807) is 6.20 Å². The van der Waals surface area contributed by atoms with E-state index < -0.39 is 0 Å². The van der Waals surface area contributed by atoms with Gasteiger partial charge in [-0.1, -0.05) is 18.3 Å². The predicted octanol–water partition coefficient (Wildman–Crippen LogP) is 3.14. The number of hydrogen-bond acceptors (Lipinski definition) is 5. The van der Waals surface area contributed by atoms with E-state index in [2.05, 4.69) is 4.98 Å². The minimum atomic E-state index is -0.00502. The summed E-state index contributed by atoms with van der Waals surface area (Å²) in [5, 5.41) is 19.0. The molecule has 2 aromatic heterocycles. The maximum Gasteiger partial charge on any atom is 0.204 e. The fraction of sp³-hybridized carbons (Fsp3) is 0.231. The maximum absolute atomic E-state index is 9.50. The van der Waals surface area contributed by atoms with Crippen molar-refractivity contribution in [2.24, 2.45) is 0 Å². The lowest BCUT2D eigenvalue weighted by Crippen LogP contribution is -1.97. The van der Waals surface area contributed by atoms with Gasteiger partial charge >= 0.3 is 0 Å². The summed E-state index contributed by atoms with van der Waals surface area (Å²) in [5.41, 5.74) is 1.04. The Kier molecular flexibility index (Phi) is 4.81. The van der Waals surface area contributed by atoms with Crippen LogP contribution in [0.5, 0.6) is 11.8 Å². The molecule has 0 radical (unpaired) electrons. The molecule has 19 heavy (non-hydrogen) atoms. The van der Waals surface area contributed by atoms with Crippen molar-refractivity contribution in [2.45, 2.75) is 19.3 Å². The molecule has 2 aromatic rings. The molecule has 0 fully saturated rings. The number of aromatic hydroxyl groups is 2. The van der Waals surface area contributed by atoms with E-state index in [4.69, 9.17) is 12.2 Å². The molecule has 2 N–H and O–H groups in total. The summed E-state index contributed by atoms with van der Waals surface area (Å²) in [4.78, 5) is 4.24. The Bertz CT molecular complexity index is 536. The molecule has 0 aromatic carbocycles. The summed E-state index contributed by atoms with van der Waals surface area (Å²) in [7, 11) is 0. The molecule has 0 unspecified atom stereocenters. The van der Waals surface area contributed by atoms with Crippen LogP contribution in [0.3, 0.4) is 0 Å². The Morgan fingerprint density at radius 2 is 1.95 bits per heavy atom. The van der Waals surface area contributed by atoms with Crippen molar-refractivity contribution in [3.05, 3.63) is 42.2 Å². The molecule has 0 aliphatic rings. The third-order valence-electron chi connectivity index (χ3n) is 2.53. The summed E-state index contributed by atoms with van der Waals surface area (Å²) < 4.78 is 2.03. The number of pyridine rings is 1. The second-order valence-electron chi connectivity index (χ2n) is 3.98. The quantitative estimate of drug-likeness (QED) is 0.830. The van der Waals surface area contributed by atoms with Crippen LogP contribution < -0.4 is 0 Å². The van der Waals surface area contributed by atoms with Gasteiger partial charge in [-0.25, -0.2) is 3.97 Å². The Balaban J connectivity index is 1.79. The Morgan fingerprint density at radius 3 is 2.58 bits per heavy atom. The van der Waals surface area contributed by atoms with Gasteiger partial charge in [-0.15, -0.1) is 0 Å². The van der Waals surface area contributed by atoms with E-state index in [1.165, 1.54) is 28.1 Å². The number of hydrogen-bond donors (Lipinski definition) is 2. The van der Waals surface area contributed by atoms with Crippen molar-refractivity contribution in [3.8, 4) is 11.8 Å². The zero-order chi connectivity index (χ0) is 13.7. The van der Waals surface area contributed by atoms with Crippen molar-refractivity contribution in [1.82, 2.24) is 8.96 Å². The molecule has 0 aliphatic heterocycles. The molecule has 4 nitrogen and oxygen atoms in total. The van der Waals surface area contributed by atoms with Gasteiger partial charge in [-0.05, 0) is 31.4 Å². The van der Waals surface area contributed by atoms with Crippen LogP contribution in [0.15, 0.2) is 36.5 Å². The third-order valence-corrected chi connectivity index (χ3v) is 3.92. The van der Waals surface area contributed by atoms with Crippen LogP contribution in [-0.4, -0.2) is 23.4 Å². The Labute approximate surface area is 121 Å². The molecule has 2 rings (SSSR count). The molecule has 0 amide bonds. The number of thiocarbonyl (C=S) groups is 1. The monoisotopic (exact) mass is 294 g/mol. The van der Waals surface area contributed by atoms with Gasteiger partial charge in [0.15, 0.2) is 0 Å². The smallest absolute Gasteiger partial charge is 0.204 e. The molecular weight excluding hydrogens is 280 g/mol. The summed E-state index contributed by atoms with van der Waals surface area (Å²) in [6, 6.07) is 8.70. The lowest BCUT2D eigenvalue weighted by molar-refractivity contribution is 0.416. The first-order valence-corrected chi connectivity index (χ1v) is 7.06. The zero-order valence-corrected chi connectivity index (χ0v) is 11.8. The van der Waals surface area contributed by atoms with E-state index >= 15 is 0 Å². The summed E-state index contributed by atoms with van der Waals surface area (Å²) in [6.07, 6.45) is 4.27. The third kappa shape index (κ3) is 3.97. The van der Waals surface area contributed by atoms with Crippen molar-refractivity contribution >= 4 is 28.4 Å². The number of rotatable bonds is 5. The topological polar surface area (TPSA) is 58.3 Å². The molecule has 2 heterocycles. The van der Waals surface area contributed by atoms with E-state index in [-0.39, 0.29) is 11.8 Å². The van der Waals surface area contributed by atoms with E-state index in [9.17, 15) is 10.2 Å². The molecule has 6 heteroatoms. The highest BCUT2D eigenvalue weighted by Gasteiger charge is 2.09. The van der Waals surface area contributed by atoms with Crippen molar-refractivity contribution in [2.75, 3.05) is 0 Å². The van der Waals surface area contributed by atoms with Gasteiger partial charge < -0.3 is 10.2 Å². The van der Waals surface area contributed by atoms with Gasteiger partial charge in [0, 0.05) is 36.0 Å². The van der Waals surface area contributed by atoms with Gasteiger partial charge in [0.2, 0.25) is 11.8 Å². The molecule has 0 spiro atoms. The molecule has 0 saturated heterocycles. The van der Waals surface area contributed by atoms with E-state index in [0.717, 1.165) is 29.2 Å². The number of nitrogens with zero attached hydrogens (tertiary/aromatic N) is 2. The first kappa shape index (κ1) is 13.9. The van der Waals surface area contributed by atoms with Crippen LogP contribution in [0, 0.1) is 0 Å². The van der Waals surface area contributed by atoms with Crippen molar-refractivity contribution in [1.29, 1.82) is 0 Å². The average molecular weight is 294 g/mol. The first-order chi connectivity index (χ1) is 9.16. The largest absolute Gasteiger partial charge is 0.494 e. The standard InChI is InChI=1S/C13H14N2O2S2/c16-11-7-8-12(17)15(11)19-13(18)6-3-5-10-4-1-2-9-14-10/h1-2,4,7-9,16-17H,3,5-6H2. The van der Waals surface area contributed by atoms with Crippen molar-refractivity contribution < 1.29 is 10.2 Å². The van der Waals surface area contributed by atoms with Crippen LogP contribution >= 0.6 is 24.2 Å². The molecular formula is C13H14N2O2S2. The summed E-state index contributed by atoms with van der Waals surface area (Å²) in [5.74, 6) is -0.0100. The summed E-state index contributed by atoms with van der Waals surface area (Å²) >= 11 is 6.40. The number of aromatic nitrogens is 2. The zero-order valence-electron chi connectivity index (χ0n) is 10.2. The normalized spacial score (nSPS) is 10.5. The van der Waals surface area contributed by atoms with Crippen LogP contribution in [0.1, 0.15) is 18.5 Å². The molecule has 0 atom stereocenters. The number of aryl methyl sites for hydroxylation is 1. The Morgan fingerprint density at radius 1 is 1.21 bits per heavy atom. The van der Waals surface area contributed by atoms with Crippen molar-refractivity contribution in [3.63, 3.8) is 0 Å². The van der Waals surface area contributed by atoms with Crippen LogP contribution in [-0.2, 0) is 6.42 Å². The van der Waals surface area contributed by atoms with Gasteiger partial charge in [-0.2, -0.15) is 0 Å². The fourth-order valence-electron chi connectivity index (χ4n) is 1.60. The molecule has 0 aliphatic carbocycles. The minimum absolute atomic E-state index is 0.00502. The van der Waals surface area contributed by atoms with Gasteiger partial charge in [0.25, 0.3) is 0 Å². The minimum Gasteiger partial charge on any atom is -0.494 e. The van der Waals surface area contributed by atoms with Gasteiger partial charge in [0.1, 0.15) is 0 Å². The SMILES string of the molecule is Oc1ccc(O)n1SC(=S)CCCc1ccccn1. The molecule has 100 valence electrons. The van der Waals surface area contributed by atoms with Gasteiger partial charge in [-0.3, -0.25) is 4.98 Å². The maximum atomic E-state index is 9.50. The van der Waals surface area contributed by atoms with Crippen LogP contribution in [0.4, 0.5) is 0 Å². The first-order valence-electron chi connectivity index (χ1n) is 5.87. The Hall–Kier alpha value is -1.53. The van der Waals surface area contributed by atoms with Gasteiger partial charge in [0.05, 0.1) is 4.20 Å². The molecule has 0 bridgehead atoms. The fourth-order valence-corrected chi connectivity index (χ4v) is 2.72. The second-order valence-corrected chi connectivity index (χ2v) is 5.77. The lowest BCUT2D eigenvalue weighted by atomic mass is 10.2. The van der Waals surface area contributed by atoms with E-state index in [0.29, 0.717) is 0 Å². The predicted molar refractivity (Wildman–Crippen MR) is 80.5 cm³/mol. The van der Waals surface area contributed by atoms with E-state index in [1.807, 2.05) is 18.2 Å². The highest BCUT2D eigenvalue weighted by atomic mass is 32.2. The second kappa shape index (κ2) is 6.58.